The van der Waals surface area contributed by atoms with Crippen LogP contribution in [0.25, 0.3) is 0 Å². The number of phenols is 1. The topological polar surface area (TPSA) is 69.6 Å². The summed E-state index contributed by atoms with van der Waals surface area (Å²) in [7, 11) is 0. The largest absolute Gasteiger partial charge is 0.507 e. The van der Waals surface area contributed by atoms with Crippen LogP contribution < -0.4 is 5.32 Å². The lowest BCUT2D eigenvalue weighted by Gasteiger charge is -2.08. The van der Waals surface area contributed by atoms with Crippen LogP contribution in [-0.2, 0) is 0 Å². The monoisotopic (exact) mass is 213 g/mol. The molecule has 0 aliphatic rings. The first-order chi connectivity index (χ1) is 7.00. The van der Waals surface area contributed by atoms with Crippen LogP contribution in [0.3, 0.4) is 0 Å². The van der Waals surface area contributed by atoms with Gasteiger partial charge in [-0.3, -0.25) is 4.79 Å². The normalized spacial score (nSPS) is 12.2. The zero-order valence-electron chi connectivity index (χ0n) is 8.20. The van der Waals surface area contributed by atoms with E-state index in [4.69, 9.17) is 5.11 Å². The third kappa shape index (κ3) is 3.21. The minimum absolute atomic E-state index is 0.0166. The molecule has 0 heterocycles. The third-order valence-corrected chi connectivity index (χ3v) is 1.76. The Morgan fingerprint density at radius 3 is 2.80 bits per heavy atom. The summed E-state index contributed by atoms with van der Waals surface area (Å²) in [6.45, 7) is 1.60. The highest BCUT2D eigenvalue weighted by molar-refractivity contribution is 5.96. The molecule has 1 aromatic carbocycles. The van der Waals surface area contributed by atoms with Crippen LogP contribution >= 0.6 is 0 Å². The second-order valence-corrected chi connectivity index (χ2v) is 3.22. The van der Waals surface area contributed by atoms with Crippen molar-refractivity contribution in [2.24, 2.45) is 0 Å². The fraction of sp³-hybridized carbons (Fsp3) is 0.300. The van der Waals surface area contributed by atoms with Crippen LogP contribution in [0.1, 0.15) is 17.3 Å². The van der Waals surface area contributed by atoms with Crippen LogP contribution in [0.5, 0.6) is 5.75 Å². The summed E-state index contributed by atoms with van der Waals surface area (Å²) in [5.74, 6) is -1.58. The van der Waals surface area contributed by atoms with E-state index in [1.54, 1.807) is 0 Å². The highest BCUT2D eigenvalue weighted by Crippen LogP contribution is 2.17. The summed E-state index contributed by atoms with van der Waals surface area (Å²) >= 11 is 0. The van der Waals surface area contributed by atoms with E-state index >= 15 is 0 Å². The van der Waals surface area contributed by atoms with Gasteiger partial charge in [0, 0.05) is 12.6 Å². The Hall–Kier alpha value is -1.62. The summed E-state index contributed by atoms with van der Waals surface area (Å²) in [6.07, 6.45) is -0.670. The Morgan fingerprint density at radius 2 is 2.27 bits per heavy atom. The van der Waals surface area contributed by atoms with Crippen molar-refractivity contribution in [3.8, 4) is 5.75 Å². The molecule has 0 radical (unpaired) electrons. The molecule has 1 aromatic rings. The first-order valence-corrected chi connectivity index (χ1v) is 4.45. The van der Waals surface area contributed by atoms with Gasteiger partial charge in [-0.05, 0) is 19.1 Å². The van der Waals surface area contributed by atoms with Gasteiger partial charge in [0.05, 0.1) is 11.7 Å². The molecule has 5 heteroatoms. The molecule has 1 rings (SSSR count). The second kappa shape index (κ2) is 4.75. The maximum absolute atomic E-state index is 12.6. The molecule has 0 saturated carbocycles. The molecule has 0 spiro atoms. The van der Waals surface area contributed by atoms with Gasteiger partial charge < -0.3 is 15.5 Å². The van der Waals surface area contributed by atoms with Gasteiger partial charge in [-0.1, -0.05) is 0 Å². The number of amides is 1. The summed E-state index contributed by atoms with van der Waals surface area (Å²) in [4.78, 5) is 11.4. The number of halogens is 1. The van der Waals surface area contributed by atoms with Crippen LogP contribution in [0.15, 0.2) is 18.2 Å². The number of carbonyl (C=O) groups excluding carboxylic acids is 1. The molecule has 4 nitrogen and oxygen atoms in total. The number of phenolic OH excluding ortho intramolecular Hbond substituents is 1. The molecule has 0 bridgehead atoms. The van der Waals surface area contributed by atoms with Gasteiger partial charge in [0.25, 0.3) is 5.91 Å². The van der Waals surface area contributed by atoms with Crippen molar-refractivity contribution in [1.29, 1.82) is 0 Å². The Balaban J connectivity index is 2.74. The van der Waals surface area contributed by atoms with E-state index in [0.29, 0.717) is 0 Å². The smallest absolute Gasteiger partial charge is 0.255 e. The number of aliphatic hydroxyl groups is 1. The highest BCUT2D eigenvalue weighted by atomic mass is 19.1. The van der Waals surface area contributed by atoms with Crippen LogP contribution in [0.4, 0.5) is 4.39 Å². The van der Waals surface area contributed by atoms with Gasteiger partial charge in [0.15, 0.2) is 0 Å². The van der Waals surface area contributed by atoms with Crippen molar-refractivity contribution in [2.45, 2.75) is 13.0 Å². The van der Waals surface area contributed by atoms with E-state index in [-0.39, 0.29) is 12.1 Å². The van der Waals surface area contributed by atoms with E-state index in [1.165, 1.54) is 13.0 Å². The number of benzene rings is 1. The van der Waals surface area contributed by atoms with Gasteiger partial charge in [-0.25, -0.2) is 4.39 Å². The molecule has 0 unspecified atom stereocenters. The predicted octanol–water partition coefficient (Wildman–Crippen LogP) is 0.642. The molecular formula is C10H12FNO3. The van der Waals surface area contributed by atoms with Crippen molar-refractivity contribution in [3.05, 3.63) is 29.6 Å². The molecule has 82 valence electrons. The fourth-order valence-corrected chi connectivity index (χ4v) is 1.03. The molecular weight excluding hydrogens is 201 g/mol. The van der Waals surface area contributed by atoms with Crippen molar-refractivity contribution >= 4 is 5.91 Å². The first kappa shape index (κ1) is 11.5. The van der Waals surface area contributed by atoms with Crippen LogP contribution in [-0.4, -0.2) is 28.8 Å². The van der Waals surface area contributed by atoms with Crippen molar-refractivity contribution < 1.29 is 19.4 Å². The SMILES string of the molecule is C[C@@H](O)CNC(=O)c1ccc(F)cc1O. The molecule has 0 aromatic heterocycles. The maximum Gasteiger partial charge on any atom is 0.255 e. The maximum atomic E-state index is 12.6. The third-order valence-electron chi connectivity index (χ3n) is 1.76. The minimum atomic E-state index is -0.670. The lowest BCUT2D eigenvalue weighted by atomic mass is 10.2. The van der Waals surface area contributed by atoms with E-state index < -0.39 is 23.6 Å². The van der Waals surface area contributed by atoms with E-state index in [9.17, 15) is 14.3 Å². The van der Waals surface area contributed by atoms with Crippen LogP contribution in [0.2, 0.25) is 0 Å². The predicted molar refractivity (Wildman–Crippen MR) is 52.1 cm³/mol. The molecule has 1 amide bonds. The highest BCUT2D eigenvalue weighted by Gasteiger charge is 2.11. The van der Waals surface area contributed by atoms with Gasteiger partial charge in [0.1, 0.15) is 11.6 Å². The Morgan fingerprint density at radius 1 is 1.60 bits per heavy atom. The molecule has 0 fully saturated rings. The van der Waals surface area contributed by atoms with Gasteiger partial charge >= 0.3 is 0 Å². The lowest BCUT2D eigenvalue weighted by molar-refractivity contribution is 0.0921. The molecule has 3 N–H and O–H groups in total. The Kier molecular flexibility index (Phi) is 3.62. The molecule has 0 aliphatic carbocycles. The van der Waals surface area contributed by atoms with Gasteiger partial charge in [-0.2, -0.15) is 0 Å². The van der Waals surface area contributed by atoms with Gasteiger partial charge in [-0.15, -0.1) is 0 Å². The second-order valence-electron chi connectivity index (χ2n) is 3.22. The summed E-state index contributed by atoms with van der Waals surface area (Å²) < 4.78 is 12.6. The van der Waals surface area contributed by atoms with E-state index in [1.807, 2.05) is 0 Å². The number of hydrogen-bond donors (Lipinski definition) is 3. The lowest BCUT2D eigenvalue weighted by Crippen LogP contribution is -2.30. The van der Waals surface area contributed by atoms with Crippen molar-refractivity contribution in [2.75, 3.05) is 6.54 Å². The van der Waals surface area contributed by atoms with Crippen molar-refractivity contribution in [1.82, 2.24) is 5.32 Å². The van der Waals surface area contributed by atoms with E-state index in [2.05, 4.69) is 5.32 Å². The number of carbonyl (C=O) groups is 1. The van der Waals surface area contributed by atoms with Gasteiger partial charge in [0.2, 0.25) is 0 Å². The summed E-state index contributed by atoms with van der Waals surface area (Å²) in [5, 5.41) is 20.6. The van der Waals surface area contributed by atoms with Crippen LogP contribution in [0, 0.1) is 5.82 Å². The Bertz CT molecular complexity index is 366. The first-order valence-electron chi connectivity index (χ1n) is 4.45. The zero-order valence-corrected chi connectivity index (χ0v) is 8.20. The number of hydrogen-bond acceptors (Lipinski definition) is 3. The minimum Gasteiger partial charge on any atom is -0.507 e. The molecule has 1 atom stereocenters. The molecule has 15 heavy (non-hydrogen) atoms. The average molecular weight is 213 g/mol. The Labute approximate surface area is 86.4 Å². The molecule has 0 aliphatic heterocycles. The average Bonchev–Trinajstić information content (AvgIpc) is 2.14. The number of nitrogens with one attached hydrogen (secondary N) is 1. The standard InChI is InChI=1S/C10H12FNO3/c1-6(13)5-12-10(15)8-3-2-7(11)4-9(8)14/h2-4,6,13-14H,5H2,1H3,(H,12,15)/t6-/m1/s1. The number of aromatic hydroxyl groups is 1. The van der Waals surface area contributed by atoms with Crippen molar-refractivity contribution in [3.63, 3.8) is 0 Å². The fourth-order valence-electron chi connectivity index (χ4n) is 1.03. The number of aliphatic hydroxyl groups excluding tert-OH is 1. The number of rotatable bonds is 3. The zero-order chi connectivity index (χ0) is 11.4. The summed E-state index contributed by atoms with van der Waals surface area (Å²) in [5.41, 5.74) is -0.0166. The summed E-state index contributed by atoms with van der Waals surface area (Å²) in [6, 6.07) is 3.12. The van der Waals surface area contributed by atoms with E-state index in [0.717, 1.165) is 12.1 Å². The quantitative estimate of drug-likeness (QED) is 0.690. The molecule has 0 saturated heterocycles.